The van der Waals surface area contributed by atoms with Gasteiger partial charge in [-0.25, -0.2) is 0 Å². The van der Waals surface area contributed by atoms with Crippen molar-refractivity contribution in [2.45, 2.75) is 59.0 Å². The van der Waals surface area contributed by atoms with Crippen molar-refractivity contribution in [2.24, 2.45) is 0 Å². The van der Waals surface area contributed by atoms with Crippen molar-refractivity contribution in [1.82, 2.24) is 4.90 Å². The maximum atomic E-state index is 11.2. The van der Waals surface area contributed by atoms with Crippen LogP contribution in [0.25, 0.3) is 0 Å². The van der Waals surface area contributed by atoms with Gasteiger partial charge in [-0.1, -0.05) is 13.8 Å². The topological polar surface area (TPSA) is 20.3 Å². The molecule has 1 rings (SSSR count). The van der Waals surface area contributed by atoms with Gasteiger partial charge in [-0.2, -0.15) is 0 Å². The van der Waals surface area contributed by atoms with Crippen LogP contribution >= 0.6 is 0 Å². The van der Waals surface area contributed by atoms with Gasteiger partial charge in [0.15, 0.2) is 0 Å². The summed E-state index contributed by atoms with van der Waals surface area (Å²) in [5.74, 6) is 0.403. The summed E-state index contributed by atoms with van der Waals surface area (Å²) in [4.78, 5) is 13.5. The van der Waals surface area contributed by atoms with Crippen molar-refractivity contribution in [3.8, 4) is 0 Å². The van der Waals surface area contributed by atoms with Crippen LogP contribution in [0.3, 0.4) is 0 Å². The Labute approximate surface area is 82.3 Å². The number of carbonyl (C=O) groups is 1. The molecule has 0 aromatic carbocycles. The second-order valence-corrected chi connectivity index (χ2v) is 4.19. The van der Waals surface area contributed by atoms with Crippen molar-refractivity contribution >= 4 is 5.78 Å². The van der Waals surface area contributed by atoms with Crippen LogP contribution in [0.2, 0.25) is 0 Å². The van der Waals surface area contributed by atoms with Gasteiger partial charge in [0, 0.05) is 24.4 Å². The maximum absolute atomic E-state index is 11.2. The summed E-state index contributed by atoms with van der Waals surface area (Å²) in [6.07, 6.45) is 1.42. The Bertz CT molecular complexity index is 175. The second kappa shape index (κ2) is 4.75. The number of ketones is 1. The Hall–Kier alpha value is -0.370. The van der Waals surface area contributed by atoms with E-state index in [0.29, 0.717) is 18.2 Å². The van der Waals surface area contributed by atoms with Gasteiger partial charge in [0.1, 0.15) is 5.78 Å². The van der Waals surface area contributed by atoms with Gasteiger partial charge in [-0.3, -0.25) is 9.69 Å². The molecule has 1 aliphatic heterocycles. The third kappa shape index (κ3) is 3.11. The summed E-state index contributed by atoms with van der Waals surface area (Å²) in [7, 11) is 2.09. The number of rotatable bonds is 0. The first-order chi connectivity index (χ1) is 5.93. The SMILES string of the molecule is CC.C[C@H]1CC(=O)CC(C)(C)N1C. The molecule has 0 spiro atoms. The molecule has 1 fully saturated rings. The molecule has 1 atom stereocenters. The Kier molecular flexibility index (Phi) is 4.62. The molecule has 2 heteroatoms. The molecule has 1 heterocycles. The second-order valence-electron chi connectivity index (χ2n) is 4.19. The molecule has 0 bridgehead atoms. The molecule has 1 saturated heterocycles. The van der Waals surface area contributed by atoms with Gasteiger partial charge in [-0.15, -0.1) is 0 Å². The summed E-state index contributed by atoms with van der Waals surface area (Å²) in [6, 6.07) is 0.409. The highest BCUT2D eigenvalue weighted by molar-refractivity contribution is 5.81. The maximum Gasteiger partial charge on any atom is 0.136 e. The average Bonchev–Trinajstić information content (AvgIpc) is 2.03. The third-order valence-electron chi connectivity index (χ3n) is 2.77. The summed E-state index contributed by atoms with van der Waals surface area (Å²) in [5, 5.41) is 0. The van der Waals surface area contributed by atoms with E-state index in [-0.39, 0.29) is 5.54 Å². The zero-order valence-electron chi connectivity index (χ0n) is 9.85. The fraction of sp³-hybridized carbons (Fsp3) is 0.909. The van der Waals surface area contributed by atoms with Crippen LogP contribution in [-0.2, 0) is 4.79 Å². The highest BCUT2D eigenvalue weighted by atomic mass is 16.1. The van der Waals surface area contributed by atoms with E-state index >= 15 is 0 Å². The van der Waals surface area contributed by atoms with Gasteiger partial charge >= 0.3 is 0 Å². The molecule has 78 valence electrons. The number of carbonyl (C=O) groups excluding carboxylic acids is 1. The van der Waals surface area contributed by atoms with Crippen LogP contribution in [0.5, 0.6) is 0 Å². The van der Waals surface area contributed by atoms with Crippen LogP contribution < -0.4 is 0 Å². The van der Waals surface area contributed by atoms with E-state index < -0.39 is 0 Å². The Morgan fingerprint density at radius 3 is 2.23 bits per heavy atom. The van der Waals surface area contributed by atoms with E-state index in [4.69, 9.17) is 0 Å². The first-order valence-corrected chi connectivity index (χ1v) is 5.18. The van der Waals surface area contributed by atoms with Gasteiger partial charge in [-0.05, 0) is 27.8 Å². The van der Waals surface area contributed by atoms with Crippen molar-refractivity contribution in [1.29, 1.82) is 0 Å². The fourth-order valence-corrected chi connectivity index (χ4v) is 1.74. The largest absolute Gasteiger partial charge is 0.300 e. The van der Waals surface area contributed by atoms with Crippen molar-refractivity contribution in [3.05, 3.63) is 0 Å². The number of hydrogen-bond acceptors (Lipinski definition) is 2. The minimum Gasteiger partial charge on any atom is -0.300 e. The van der Waals surface area contributed by atoms with E-state index in [1.165, 1.54) is 0 Å². The first-order valence-electron chi connectivity index (χ1n) is 5.18. The lowest BCUT2D eigenvalue weighted by molar-refractivity contribution is -0.127. The normalized spacial score (nSPS) is 27.8. The summed E-state index contributed by atoms with van der Waals surface area (Å²) < 4.78 is 0. The minimum atomic E-state index is 0.0642. The minimum absolute atomic E-state index is 0.0642. The highest BCUT2D eigenvalue weighted by Gasteiger charge is 2.35. The molecular weight excluding hydrogens is 162 g/mol. The van der Waals surface area contributed by atoms with Crippen LogP contribution in [0.4, 0.5) is 0 Å². The van der Waals surface area contributed by atoms with Gasteiger partial charge in [0.05, 0.1) is 0 Å². The number of likely N-dealkylation sites (tertiary alicyclic amines) is 1. The first kappa shape index (κ1) is 12.6. The van der Waals surface area contributed by atoms with Gasteiger partial charge in [0.25, 0.3) is 0 Å². The molecule has 1 aliphatic rings. The van der Waals surface area contributed by atoms with Crippen LogP contribution in [0, 0.1) is 0 Å². The number of hydrogen-bond donors (Lipinski definition) is 0. The number of nitrogens with zero attached hydrogens (tertiary/aromatic N) is 1. The smallest absolute Gasteiger partial charge is 0.136 e. The predicted octanol–water partition coefficient (Wildman–Crippen LogP) is 2.47. The fourth-order valence-electron chi connectivity index (χ4n) is 1.74. The lowest BCUT2D eigenvalue weighted by Crippen LogP contribution is -2.52. The molecule has 0 aliphatic carbocycles. The van der Waals surface area contributed by atoms with E-state index in [2.05, 4.69) is 32.7 Å². The summed E-state index contributed by atoms with van der Waals surface area (Å²) >= 11 is 0. The van der Waals surface area contributed by atoms with E-state index in [1.807, 2.05) is 13.8 Å². The van der Waals surface area contributed by atoms with E-state index in [9.17, 15) is 4.79 Å². The van der Waals surface area contributed by atoms with Crippen LogP contribution in [-0.4, -0.2) is 29.3 Å². The Morgan fingerprint density at radius 1 is 1.38 bits per heavy atom. The van der Waals surface area contributed by atoms with Crippen molar-refractivity contribution in [3.63, 3.8) is 0 Å². The van der Waals surface area contributed by atoms with Crippen LogP contribution in [0.1, 0.15) is 47.5 Å². The number of piperidine rings is 1. The lowest BCUT2D eigenvalue weighted by atomic mass is 9.87. The molecule has 0 saturated carbocycles. The quantitative estimate of drug-likeness (QED) is 0.578. The Morgan fingerprint density at radius 2 is 1.85 bits per heavy atom. The molecule has 2 nitrogen and oxygen atoms in total. The van der Waals surface area contributed by atoms with E-state index in [1.54, 1.807) is 0 Å². The lowest BCUT2D eigenvalue weighted by Gasteiger charge is -2.43. The van der Waals surface area contributed by atoms with Crippen LogP contribution in [0.15, 0.2) is 0 Å². The predicted molar refractivity (Wildman–Crippen MR) is 56.9 cm³/mol. The Balaban J connectivity index is 0.000000671. The molecule has 0 N–H and O–H groups in total. The molecule has 0 unspecified atom stereocenters. The van der Waals surface area contributed by atoms with Gasteiger partial charge in [0.2, 0.25) is 0 Å². The number of Topliss-reactive ketones (excluding diaryl/α,β-unsaturated/α-hetero) is 1. The molecule has 0 aromatic heterocycles. The van der Waals surface area contributed by atoms with Crippen molar-refractivity contribution in [2.75, 3.05) is 7.05 Å². The van der Waals surface area contributed by atoms with E-state index in [0.717, 1.165) is 6.42 Å². The summed E-state index contributed by atoms with van der Waals surface area (Å²) in [6.45, 7) is 10.4. The van der Waals surface area contributed by atoms with Gasteiger partial charge < -0.3 is 0 Å². The molecule has 0 radical (unpaired) electrons. The average molecular weight is 185 g/mol. The molecular formula is C11H23NO. The van der Waals surface area contributed by atoms with Crippen molar-refractivity contribution < 1.29 is 4.79 Å². The zero-order valence-corrected chi connectivity index (χ0v) is 9.85. The summed E-state index contributed by atoms with van der Waals surface area (Å²) in [5.41, 5.74) is 0.0642. The zero-order chi connectivity index (χ0) is 10.6. The highest BCUT2D eigenvalue weighted by Crippen LogP contribution is 2.27. The molecule has 13 heavy (non-hydrogen) atoms. The monoisotopic (exact) mass is 185 g/mol. The molecule has 0 aromatic rings. The standard InChI is InChI=1S/C9H17NO.C2H6/c1-7-5-8(11)6-9(2,3)10(7)4;1-2/h7H,5-6H2,1-4H3;1-2H3/t7-;/m0./s1. The molecule has 0 amide bonds. The third-order valence-corrected chi connectivity index (χ3v) is 2.77.